The van der Waals surface area contributed by atoms with Crippen LogP contribution in [0.15, 0.2) is 30.3 Å². The number of methoxy groups -OCH3 is 1. The minimum Gasteiger partial charge on any atom is -0.468 e. The molecule has 1 amide bonds. The van der Waals surface area contributed by atoms with Gasteiger partial charge in [0.05, 0.1) is 0 Å². The Morgan fingerprint density at radius 1 is 1.19 bits per heavy atom. The Morgan fingerprint density at radius 2 is 1.86 bits per heavy atom. The first-order valence-electron chi connectivity index (χ1n) is 7.06. The van der Waals surface area contributed by atoms with E-state index in [1.807, 2.05) is 35.2 Å². The average molecular weight is 290 g/mol. The van der Waals surface area contributed by atoms with Gasteiger partial charge in [0.2, 0.25) is 5.91 Å². The summed E-state index contributed by atoms with van der Waals surface area (Å²) in [5.41, 5.74) is 0.974. The van der Waals surface area contributed by atoms with Crippen LogP contribution in [0.4, 0.5) is 0 Å². The van der Waals surface area contributed by atoms with Crippen LogP contribution in [0.5, 0.6) is 5.75 Å². The molecule has 0 spiro atoms. The fourth-order valence-corrected chi connectivity index (χ4v) is 2.10. The maximum absolute atomic E-state index is 12.1. The van der Waals surface area contributed by atoms with E-state index in [2.05, 4.69) is 11.9 Å². The number of ether oxygens (including phenoxy) is 2. The van der Waals surface area contributed by atoms with Gasteiger partial charge in [0, 0.05) is 39.4 Å². The van der Waals surface area contributed by atoms with Crippen LogP contribution in [0.25, 0.3) is 6.08 Å². The molecule has 1 aliphatic rings. The predicted molar refractivity (Wildman–Crippen MR) is 82.1 cm³/mol. The molecule has 0 aliphatic carbocycles. The van der Waals surface area contributed by atoms with E-state index in [1.165, 1.54) is 0 Å². The summed E-state index contributed by atoms with van der Waals surface area (Å²) in [7, 11) is 3.66. The minimum atomic E-state index is 0.0720. The average Bonchev–Trinajstić information content (AvgIpc) is 2.52. The summed E-state index contributed by atoms with van der Waals surface area (Å²) in [4.78, 5) is 16.2. The van der Waals surface area contributed by atoms with Gasteiger partial charge < -0.3 is 19.3 Å². The van der Waals surface area contributed by atoms with E-state index in [0.29, 0.717) is 0 Å². The summed E-state index contributed by atoms with van der Waals surface area (Å²) in [5.74, 6) is 0.821. The number of carbonyl (C=O) groups excluding carboxylic acids is 1. The first-order valence-corrected chi connectivity index (χ1v) is 7.06. The number of hydrogen-bond acceptors (Lipinski definition) is 4. The molecule has 2 rings (SSSR count). The third-order valence-corrected chi connectivity index (χ3v) is 3.46. The number of rotatable bonds is 5. The third-order valence-electron chi connectivity index (χ3n) is 3.46. The maximum atomic E-state index is 12.1. The third kappa shape index (κ3) is 4.88. The molecule has 114 valence electrons. The molecule has 0 radical (unpaired) electrons. The van der Waals surface area contributed by atoms with Gasteiger partial charge in [0.1, 0.15) is 5.75 Å². The van der Waals surface area contributed by atoms with E-state index >= 15 is 0 Å². The van der Waals surface area contributed by atoms with Gasteiger partial charge in [0.15, 0.2) is 6.79 Å². The quantitative estimate of drug-likeness (QED) is 0.608. The molecule has 5 heteroatoms. The smallest absolute Gasteiger partial charge is 0.246 e. The van der Waals surface area contributed by atoms with E-state index in [4.69, 9.17) is 9.47 Å². The highest BCUT2D eigenvalue weighted by atomic mass is 16.7. The van der Waals surface area contributed by atoms with Crippen LogP contribution in [0, 0.1) is 0 Å². The van der Waals surface area contributed by atoms with Crippen molar-refractivity contribution in [1.82, 2.24) is 9.80 Å². The maximum Gasteiger partial charge on any atom is 0.246 e. The van der Waals surface area contributed by atoms with Crippen molar-refractivity contribution in [3.63, 3.8) is 0 Å². The molecule has 1 saturated heterocycles. The molecule has 1 aromatic carbocycles. The molecule has 21 heavy (non-hydrogen) atoms. The van der Waals surface area contributed by atoms with Crippen molar-refractivity contribution in [2.45, 2.75) is 0 Å². The second kappa shape index (κ2) is 7.81. The molecule has 0 unspecified atom stereocenters. The SMILES string of the molecule is COCOc1ccc(/C=C/C(=O)N2CCN(C)CC2)cc1. The van der Waals surface area contributed by atoms with E-state index in [9.17, 15) is 4.79 Å². The van der Waals surface area contributed by atoms with Gasteiger partial charge in [-0.2, -0.15) is 0 Å². The second-order valence-electron chi connectivity index (χ2n) is 5.08. The molecule has 1 fully saturated rings. The molecule has 0 atom stereocenters. The fraction of sp³-hybridized carbons (Fsp3) is 0.438. The lowest BCUT2D eigenvalue weighted by Crippen LogP contribution is -2.46. The highest BCUT2D eigenvalue weighted by Gasteiger charge is 2.16. The predicted octanol–water partition coefficient (Wildman–Crippen LogP) is 1.46. The Bertz CT molecular complexity index is 477. The zero-order valence-electron chi connectivity index (χ0n) is 12.6. The molecule has 0 bridgehead atoms. The molecular formula is C16H22N2O3. The van der Waals surface area contributed by atoms with Crippen LogP contribution in [-0.2, 0) is 9.53 Å². The monoisotopic (exact) mass is 290 g/mol. The lowest BCUT2D eigenvalue weighted by atomic mass is 10.2. The zero-order valence-corrected chi connectivity index (χ0v) is 12.6. The Labute approximate surface area is 125 Å². The topological polar surface area (TPSA) is 42.0 Å². The van der Waals surface area contributed by atoms with Gasteiger partial charge >= 0.3 is 0 Å². The minimum absolute atomic E-state index is 0.0720. The fourth-order valence-electron chi connectivity index (χ4n) is 2.10. The van der Waals surface area contributed by atoms with Crippen LogP contribution in [0.3, 0.4) is 0 Å². The van der Waals surface area contributed by atoms with E-state index < -0.39 is 0 Å². The summed E-state index contributed by atoms with van der Waals surface area (Å²) in [6.07, 6.45) is 3.47. The molecule has 0 saturated carbocycles. The largest absolute Gasteiger partial charge is 0.468 e. The number of hydrogen-bond donors (Lipinski definition) is 0. The highest BCUT2D eigenvalue weighted by molar-refractivity contribution is 5.91. The van der Waals surface area contributed by atoms with E-state index in [1.54, 1.807) is 13.2 Å². The van der Waals surface area contributed by atoms with Crippen LogP contribution in [0.2, 0.25) is 0 Å². The molecule has 1 aromatic rings. The number of likely N-dealkylation sites (N-methyl/N-ethyl adjacent to an activating group) is 1. The lowest BCUT2D eigenvalue weighted by molar-refractivity contribution is -0.127. The molecule has 0 N–H and O–H groups in total. The summed E-state index contributed by atoms with van der Waals surface area (Å²) in [6, 6.07) is 7.55. The van der Waals surface area contributed by atoms with Crippen LogP contribution in [-0.4, -0.2) is 62.8 Å². The van der Waals surface area contributed by atoms with Crippen LogP contribution < -0.4 is 4.74 Å². The summed E-state index contributed by atoms with van der Waals surface area (Å²) < 4.78 is 10.2. The van der Waals surface area contributed by atoms with Crippen molar-refractivity contribution >= 4 is 12.0 Å². The normalized spacial score (nSPS) is 16.4. The van der Waals surface area contributed by atoms with Gasteiger partial charge in [0.25, 0.3) is 0 Å². The summed E-state index contributed by atoms with van der Waals surface area (Å²) >= 11 is 0. The zero-order chi connectivity index (χ0) is 15.1. The molecule has 1 heterocycles. The number of carbonyl (C=O) groups is 1. The van der Waals surface area contributed by atoms with Gasteiger partial charge in [-0.15, -0.1) is 0 Å². The highest BCUT2D eigenvalue weighted by Crippen LogP contribution is 2.13. The van der Waals surface area contributed by atoms with Crippen molar-refractivity contribution in [1.29, 1.82) is 0 Å². The van der Waals surface area contributed by atoms with Crippen LogP contribution in [0.1, 0.15) is 5.56 Å². The first-order chi connectivity index (χ1) is 10.2. The second-order valence-corrected chi connectivity index (χ2v) is 5.08. The van der Waals surface area contributed by atoms with E-state index in [0.717, 1.165) is 37.5 Å². The van der Waals surface area contributed by atoms with Gasteiger partial charge in [-0.1, -0.05) is 12.1 Å². The lowest BCUT2D eigenvalue weighted by Gasteiger charge is -2.31. The molecular weight excluding hydrogens is 268 g/mol. The number of piperazine rings is 1. The summed E-state index contributed by atoms with van der Waals surface area (Å²) in [5, 5.41) is 0. The van der Waals surface area contributed by atoms with Crippen molar-refractivity contribution < 1.29 is 14.3 Å². The number of benzene rings is 1. The Kier molecular flexibility index (Phi) is 5.78. The van der Waals surface area contributed by atoms with Crippen molar-refractivity contribution in [2.75, 3.05) is 47.1 Å². The Balaban J connectivity index is 1.86. The van der Waals surface area contributed by atoms with Gasteiger partial charge in [-0.3, -0.25) is 4.79 Å². The van der Waals surface area contributed by atoms with Crippen molar-refractivity contribution in [2.24, 2.45) is 0 Å². The number of amides is 1. The van der Waals surface area contributed by atoms with Gasteiger partial charge in [-0.25, -0.2) is 0 Å². The van der Waals surface area contributed by atoms with E-state index in [-0.39, 0.29) is 12.7 Å². The molecule has 5 nitrogen and oxygen atoms in total. The summed E-state index contributed by atoms with van der Waals surface area (Å²) in [6.45, 7) is 3.69. The molecule has 0 aromatic heterocycles. The van der Waals surface area contributed by atoms with Crippen molar-refractivity contribution in [3.05, 3.63) is 35.9 Å². The van der Waals surface area contributed by atoms with Gasteiger partial charge in [-0.05, 0) is 30.8 Å². The first kappa shape index (κ1) is 15.5. The number of nitrogens with zero attached hydrogens (tertiary/aromatic N) is 2. The standard InChI is InChI=1S/C16H22N2O3/c1-17-9-11-18(12-10-17)16(19)8-5-14-3-6-15(7-4-14)21-13-20-2/h3-8H,9-13H2,1-2H3/b8-5+. The molecule has 1 aliphatic heterocycles. The van der Waals surface area contributed by atoms with Crippen molar-refractivity contribution in [3.8, 4) is 5.75 Å². The Hall–Kier alpha value is -1.85. The Morgan fingerprint density at radius 3 is 2.48 bits per heavy atom. The van der Waals surface area contributed by atoms with Crippen LogP contribution >= 0.6 is 0 Å².